The molecule has 0 heterocycles. The van der Waals surface area contributed by atoms with Crippen LogP contribution in [0.4, 0.5) is 0 Å². The number of aliphatic hydroxyl groups is 2. The number of hydrogen-bond acceptors (Lipinski definition) is 4. The summed E-state index contributed by atoms with van der Waals surface area (Å²) in [6.07, 6.45) is 0.247. The Morgan fingerprint density at radius 3 is 2.26 bits per heavy atom. The number of Topliss-reactive ketones (excluding diaryl/α,β-unsaturated/α-hetero) is 1. The molecular formula is C15H22O4. The summed E-state index contributed by atoms with van der Waals surface area (Å²) in [6, 6.07) is 9.29. The van der Waals surface area contributed by atoms with Crippen LogP contribution in [-0.4, -0.2) is 27.4 Å². The minimum absolute atomic E-state index is 0.0987. The Hall–Kier alpha value is -1.23. The van der Waals surface area contributed by atoms with Gasteiger partial charge in [-0.1, -0.05) is 44.2 Å². The fraction of sp³-hybridized carbons (Fsp3) is 0.533. The Morgan fingerprint density at radius 2 is 1.79 bits per heavy atom. The van der Waals surface area contributed by atoms with E-state index in [0.717, 1.165) is 5.56 Å². The van der Waals surface area contributed by atoms with Gasteiger partial charge in [0.25, 0.3) is 0 Å². The molecule has 4 heteroatoms. The quantitative estimate of drug-likeness (QED) is 0.741. The van der Waals surface area contributed by atoms with Crippen LogP contribution >= 0.6 is 0 Å². The molecule has 0 aromatic heterocycles. The molecule has 0 bridgehead atoms. The van der Waals surface area contributed by atoms with Gasteiger partial charge in [0.15, 0.2) is 17.2 Å². The van der Waals surface area contributed by atoms with E-state index in [1.54, 1.807) is 13.8 Å². The van der Waals surface area contributed by atoms with Crippen molar-refractivity contribution in [2.75, 3.05) is 0 Å². The maximum absolute atomic E-state index is 11.8. The van der Waals surface area contributed by atoms with E-state index >= 15 is 0 Å². The molecule has 0 aliphatic carbocycles. The molecule has 1 aromatic carbocycles. The second-order valence-corrected chi connectivity index (χ2v) is 4.75. The summed E-state index contributed by atoms with van der Waals surface area (Å²) in [4.78, 5) is 11.8. The molecule has 0 spiro atoms. The fourth-order valence-electron chi connectivity index (χ4n) is 1.99. The Balaban J connectivity index is 2.81. The van der Waals surface area contributed by atoms with Crippen LogP contribution in [0.1, 0.15) is 39.2 Å². The zero-order valence-corrected chi connectivity index (χ0v) is 11.7. The van der Waals surface area contributed by atoms with Crippen LogP contribution in [-0.2, 0) is 16.1 Å². The van der Waals surface area contributed by atoms with Gasteiger partial charge >= 0.3 is 0 Å². The van der Waals surface area contributed by atoms with Crippen LogP contribution < -0.4 is 0 Å². The van der Waals surface area contributed by atoms with Crippen molar-refractivity contribution in [3.8, 4) is 0 Å². The second-order valence-electron chi connectivity index (χ2n) is 4.75. The van der Waals surface area contributed by atoms with Gasteiger partial charge in [0.05, 0.1) is 6.61 Å². The third kappa shape index (κ3) is 3.41. The number of ether oxygens (including phenoxy) is 1. The first-order valence-electron chi connectivity index (χ1n) is 6.53. The zero-order chi connectivity index (χ0) is 14.5. The van der Waals surface area contributed by atoms with Crippen LogP contribution in [0.2, 0.25) is 0 Å². The summed E-state index contributed by atoms with van der Waals surface area (Å²) in [7, 11) is 0. The molecule has 0 saturated heterocycles. The molecule has 2 N–H and O–H groups in total. The number of hydrogen-bond donors (Lipinski definition) is 2. The van der Waals surface area contributed by atoms with Gasteiger partial charge in [-0.25, -0.2) is 0 Å². The molecule has 0 aliphatic heterocycles. The van der Waals surface area contributed by atoms with E-state index in [-0.39, 0.29) is 19.4 Å². The molecule has 0 amide bonds. The van der Waals surface area contributed by atoms with Gasteiger partial charge in [-0.2, -0.15) is 0 Å². The van der Waals surface area contributed by atoms with Crippen molar-refractivity contribution < 1.29 is 19.7 Å². The third-order valence-corrected chi connectivity index (χ3v) is 3.42. The van der Waals surface area contributed by atoms with Crippen molar-refractivity contribution in [3.05, 3.63) is 35.9 Å². The molecule has 0 aliphatic rings. The summed E-state index contributed by atoms with van der Waals surface area (Å²) in [6.45, 7) is 4.75. The molecule has 0 fully saturated rings. The van der Waals surface area contributed by atoms with Gasteiger partial charge in [0, 0.05) is 6.42 Å². The van der Waals surface area contributed by atoms with Crippen molar-refractivity contribution in [3.63, 3.8) is 0 Å². The van der Waals surface area contributed by atoms with Gasteiger partial charge in [-0.15, -0.1) is 0 Å². The average Bonchev–Trinajstić information content (AvgIpc) is 2.44. The summed E-state index contributed by atoms with van der Waals surface area (Å²) < 4.78 is 5.38. The molecule has 1 aromatic rings. The predicted octanol–water partition coefficient (Wildman–Crippen LogP) is 2.03. The summed E-state index contributed by atoms with van der Waals surface area (Å²) in [5, 5.41) is 20.7. The number of carbonyl (C=O) groups is 1. The number of rotatable bonds is 7. The highest BCUT2D eigenvalue weighted by atomic mass is 16.6. The fourth-order valence-corrected chi connectivity index (χ4v) is 1.99. The number of ketones is 1. The van der Waals surface area contributed by atoms with E-state index in [9.17, 15) is 15.0 Å². The van der Waals surface area contributed by atoms with Gasteiger partial charge in [0.1, 0.15) is 0 Å². The molecule has 106 valence electrons. The summed E-state index contributed by atoms with van der Waals surface area (Å²) in [5.74, 6) is -2.34. The van der Waals surface area contributed by atoms with Gasteiger partial charge in [-0.05, 0) is 18.9 Å². The Labute approximate surface area is 114 Å². The number of carbonyl (C=O) groups excluding carboxylic acids is 1. The average molecular weight is 266 g/mol. The van der Waals surface area contributed by atoms with Gasteiger partial charge in [-0.3, -0.25) is 4.79 Å². The van der Waals surface area contributed by atoms with E-state index in [4.69, 9.17) is 4.74 Å². The predicted molar refractivity (Wildman–Crippen MR) is 72.4 cm³/mol. The molecule has 0 saturated carbocycles. The normalized spacial score (nSPS) is 17.5. The van der Waals surface area contributed by atoms with Gasteiger partial charge < -0.3 is 14.9 Å². The second kappa shape index (κ2) is 6.28. The minimum Gasteiger partial charge on any atom is -0.377 e. The lowest BCUT2D eigenvalue weighted by atomic mass is 9.85. The number of benzene rings is 1. The van der Waals surface area contributed by atoms with E-state index in [1.165, 1.54) is 6.92 Å². The van der Waals surface area contributed by atoms with Crippen molar-refractivity contribution in [1.29, 1.82) is 0 Å². The van der Waals surface area contributed by atoms with Crippen LogP contribution in [0, 0.1) is 0 Å². The SMILES string of the molecule is CCC(=O)[C@@](O)(CC)[C@](C)(O)OCc1ccccc1. The molecule has 0 unspecified atom stereocenters. The van der Waals surface area contributed by atoms with Crippen LogP contribution in [0.15, 0.2) is 30.3 Å². The summed E-state index contributed by atoms with van der Waals surface area (Å²) >= 11 is 0. The van der Waals surface area contributed by atoms with Crippen molar-refractivity contribution >= 4 is 5.78 Å². The largest absolute Gasteiger partial charge is 0.377 e. The zero-order valence-electron chi connectivity index (χ0n) is 11.7. The first kappa shape index (κ1) is 15.8. The Morgan fingerprint density at radius 1 is 1.21 bits per heavy atom. The standard InChI is InChI=1S/C15H22O4/c1-4-13(16)15(18,5-2)14(3,17)19-11-12-9-7-6-8-10-12/h6-10,17-18H,4-5,11H2,1-3H3/t14-,15+/m1/s1. The Bertz CT molecular complexity index is 413. The third-order valence-electron chi connectivity index (χ3n) is 3.42. The van der Waals surface area contributed by atoms with E-state index in [2.05, 4.69) is 0 Å². The highest BCUT2D eigenvalue weighted by Gasteiger charge is 2.50. The minimum atomic E-state index is -1.91. The van der Waals surface area contributed by atoms with Crippen LogP contribution in [0.5, 0.6) is 0 Å². The lowest BCUT2D eigenvalue weighted by Crippen LogP contribution is -2.58. The van der Waals surface area contributed by atoms with Crippen LogP contribution in [0.3, 0.4) is 0 Å². The van der Waals surface area contributed by atoms with Gasteiger partial charge in [0.2, 0.25) is 0 Å². The van der Waals surface area contributed by atoms with E-state index < -0.39 is 17.2 Å². The molecule has 0 radical (unpaired) electrons. The molecule has 19 heavy (non-hydrogen) atoms. The highest BCUT2D eigenvalue weighted by molar-refractivity contribution is 5.87. The molecular weight excluding hydrogens is 244 g/mol. The monoisotopic (exact) mass is 266 g/mol. The van der Waals surface area contributed by atoms with Crippen molar-refractivity contribution in [2.45, 2.75) is 51.6 Å². The van der Waals surface area contributed by atoms with Crippen molar-refractivity contribution in [2.24, 2.45) is 0 Å². The van der Waals surface area contributed by atoms with Crippen LogP contribution in [0.25, 0.3) is 0 Å². The highest BCUT2D eigenvalue weighted by Crippen LogP contribution is 2.30. The maximum atomic E-state index is 11.8. The molecule has 2 atom stereocenters. The molecule has 4 nitrogen and oxygen atoms in total. The maximum Gasteiger partial charge on any atom is 0.199 e. The first-order chi connectivity index (χ1) is 8.87. The lowest BCUT2D eigenvalue weighted by Gasteiger charge is -2.38. The van der Waals surface area contributed by atoms with Crippen molar-refractivity contribution in [1.82, 2.24) is 0 Å². The van der Waals surface area contributed by atoms with E-state index in [1.807, 2.05) is 30.3 Å². The Kier molecular flexibility index (Phi) is 5.23. The first-order valence-corrected chi connectivity index (χ1v) is 6.53. The lowest BCUT2D eigenvalue weighted by molar-refractivity contribution is -0.284. The molecule has 1 rings (SSSR count). The topological polar surface area (TPSA) is 66.8 Å². The van der Waals surface area contributed by atoms with E-state index in [0.29, 0.717) is 0 Å². The summed E-state index contributed by atoms with van der Waals surface area (Å²) in [5.41, 5.74) is -1.01. The smallest absolute Gasteiger partial charge is 0.199 e.